The first kappa shape index (κ1) is 13.6. The number of nitrogens with zero attached hydrogens (tertiary/aromatic N) is 3. The monoisotopic (exact) mass is 243 g/mol. The number of aliphatic hydroxyl groups is 1. The first-order valence-electron chi connectivity index (χ1n) is 5.32. The van der Waals surface area contributed by atoms with E-state index in [4.69, 9.17) is 11.5 Å². The molecular formula is C9H17N5O3. The van der Waals surface area contributed by atoms with E-state index in [-0.39, 0.29) is 18.4 Å². The third-order valence-electron chi connectivity index (χ3n) is 2.54. The molecule has 1 atom stereocenters. The highest BCUT2D eigenvalue weighted by Crippen LogP contribution is 2.11. The van der Waals surface area contributed by atoms with Gasteiger partial charge in [0.25, 0.3) is 0 Å². The maximum Gasteiger partial charge on any atom is 0.434 e. The largest absolute Gasteiger partial charge is 0.434 e. The number of aromatic nitrogens is 2. The van der Waals surface area contributed by atoms with Crippen molar-refractivity contribution < 1.29 is 10.0 Å². The van der Waals surface area contributed by atoms with Crippen molar-refractivity contribution in [2.75, 3.05) is 13.1 Å². The quantitative estimate of drug-likeness (QED) is 0.418. The summed E-state index contributed by atoms with van der Waals surface area (Å²) in [7, 11) is 0. The van der Waals surface area contributed by atoms with Crippen LogP contribution in [0.1, 0.15) is 6.42 Å². The van der Waals surface area contributed by atoms with Crippen LogP contribution in [-0.4, -0.2) is 38.8 Å². The summed E-state index contributed by atoms with van der Waals surface area (Å²) in [6.07, 6.45) is 2.48. The Morgan fingerprint density at radius 2 is 2.18 bits per heavy atom. The summed E-state index contributed by atoms with van der Waals surface area (Å²) >= 11 is 0. The second kappa shape index (κ2) is 6.28. The summed E-state index contributed by atoms with van der Waals surface area (Å²) in [6.45, 7) is 0.895. The predicted octanol–water partition coefficient (Wildman–Crippen LogP) is -0.924. The summed E-state index contributed by atoms with van der Waals surface area (Å²) in [5, 5.41) is 20.4. The van der Waals surface area contributed by atoms with Crippen LogP contribution in [0.4, 0.5) is 5.95 Å². The number of hydrogen-bond donors (Lipinski definition) is 3. The molecule has 0 aliphatic rings. The molecule has 8 heteroatoms. The fourth-order valence-corrected chi connectivity index (χ4v) is 1.59. The molecular weight excluding hydrogens is 226 g/mol. The van der Waals surface area contributed by atoms with Crippen LogP contribution in [0.5, 0.6) is 0 Å². The maximum atomic E-state index is 10.6. The third kappa shape index (κ3) is 3.77. The van der Waals surface area contributed by atoms with Crippen LogP contribution in [0, 0.1) is 16.0 Å². The minimum atomic E-state index is -0.722. The number of imidazole rings is 1. The predicted molar refractivity (Wildman–Crippen MR) is 61.1 cm³/mol. The Morgan fingerprint density at radius 3 is 2.71 bits per heavy atom. The van der Waals surface area contributed by atoms with Gasteiger partial charge in [-0.25, -0.2) is 4.57 Å². The molecule has 1 aromatic rings. The molecule has 1 heterocycles. The normalized spacial score (nSPS) is 12.9. The summed E-state index contributed by atoms with van der Waals surface area (Å²) in [5.41, 5.74) is 10.9. The van der Waals surface area contributed by atoms with Gasteiger partial charge in [0.15, 0.2) is 0 Å². The highest BCUT2D eigenvalue weighted by molar-refractivity contribution is 5.06. The zero-order valence-corrected chi connectivity index (χ0v) is 9.40. The zero-order valence-electron chi connectivity index (χ0n) is 9.40. The van der Waals surface area contributed by atoms with Crippen molar-refractivity contribution >= 4 is 5.95 Å². The topological polar surface area (TPSA) is 133 Å². The maximum absolute atomic E-state index is 10.6. The lowest BCUT2D eigenvalue weighted by molar-refractivity contribution is -0.397. The van der Waals surface area contributed by atoms with E-state index in [0.29, 0.717) is 19.5 Å². The Labute approximate surface area is 98.4 Å². The average molecular weight is 243 g/mol. The van der Waals surface area contributed by atoms with E-state index < -0.39 is 11.0 Å². The van der Waals surface area contributed by atoms with E-state index in [2.05, 4.69) is 4.98 Å². The van der Waals surface area contributed by atoms with Crippen molar-refractivity contribution in [3.8, 4) is 0 Å². The molecule has 1 rings (SSSR count). The first-order chi connectivity index (χ1) is 8.08. The van der Waals surface area contributed by atoms with Gasteiger partial charge in [0.05, 0.1) is 12.6 Å². The summed E-state index contributed by atoms with van der Waals surface area (Å²) in [4.78, 5) is 13.6. The molecule has 0 radical (unpaired) electrons. The molecule has 0 saturated carbocycles. The van der Waals surface area contributed by atoms with Crippen LogP contribution in [0.25, 0.3) is 0 Å². The van der Waals surface area contributed by atoms with Gasteiger partial charge in [-0.05, 0) is 30.4 Å². The number of nitro groups is 1. The number of rotatable bonds is 7. The Hall–Kier alpha value is -1.51. The second-order valence-electron chi connectivity index (χ2n) is 3.86. The van der Waals surface area contributed by atoms with Gasteiger partial charge in [-0.2, -0.15) is 0 Å². The van der Waals surface area contributed by atoms with E-state index in [0.717, 1.165) is 0 Å². The molecule has 0 aliphatic carbocycles. The molecule has 0 amide bonds. The van der Waals surface area contributed by atoms with Gasteiger partial charge in [0, 0.05) is 0 Å². The lowest BCUT2D eigenvalue weighted by Gasteiger charge is -2.16. The van der Waals surface area contributed by atoms with Gasteiger partial charge in [0.1, 0.15) is 12.4 Å². The Kier molecular flexibility index (Phi) is 5.01. The molecule has 0 bridgehead atoms. The summed E-state index contributed by atoms with van der Waals surface area (Å²) < 4.78 is 1.30. The van der Waals surface area contributed by atoms with E-state index in [9.17, 15) is 15.2 Å². The summed E-state index contributed by atoms with van der Waals surface area (Å²) in [5.74, 6) is -0.256. The molecule has 1 aromatic heterocycles. The van der Waals surface area contributed by atoms with Crippen LogP contribution < -0.4 is 11.5 Å². The van der Waals surface area contributed by atoms with Crippen LogP contribution in [0.3, 0.4) is 0 Å². The Morgan fingerprint density at radius 1 is 1.53 bits per heavy atom. The number of nitrogens with two attached hydrogens (primary N) is 2. The molecule has 5 N–H and O–H groups in total. The Bertz CT molecular complexity index is 363. The van der Waals surface area contributed by atoms with E-state index in [1.165, 1.54) is 17.0 Å². The molecule has 8 nitrogen and oxygen atoms in total. The van der Waals surface area contributed by atoms with Gasteiger partial charge >= 0.3 is 5.95 Å². The van der Waals surface area contributed by atoms with Crippen LogP contribution in [-0.2, 0) is 6.54 Å². The van der Waals surface area contributed by atoms with Gasteiger partial charge < -0.3 is 26.7 Å². The first-order valence-corrected chi connectivity index (χ1v) is 5.32. The molecule has 0 spiro atoms. The van der Waals surface area contributed by atoms with Crippen molar-refractivity contribution in [2.24, 2.45) is 17.4 Å². The van der Waals surface area contributed by atoms with E-state index >= 15 is 0 Å². The van der Waals surface area contributed by atoms with Gasteiger partial charge in [-0.15, -0.1) is 0 Å². The van der Waals surface area contributed by atoms with Gasteiger partial charge in [-0.1, -0.05) is 4.98 Å². The molecule has 1 unspecified atom stereocenters. The molecule has 17 heavy (non-hydrogen) atoms. The third-order valence-corrected chi connectivity index (χ3v) is 2.54. The van der Waals surface area contributed by atoms with Crippen molar-refractivity contribution in [1.82, 2.24) is 9.55 Å². The fourth-order valence-electron chi connectivity index (χ4n) is 1.59. The fraction of sp³-hybridized carbons (Fsp3) is 0.667. The Balaban J connectivity index is 2.58. The van der Waals surface area contributed by atoms with E-state index in [1.54, 1.807) is 0 Å². The van der Waals surface area contributed by atoms with Crippen molar-refractivity contribution in [3.63, 3.8) is 0 Å². The van der Waals surface area contributed by atoms with Crippen LogP contribution in [0.15, 0.2) is 12.4 Å². The van der Waals surface area contributed by atoms with Crippen molar-refractivity contribution in [2.45, 2.75) is 19.1 Å². The zero-order chi connectivity index (χ0) is 12.8. The minimum Gasteiger partial charge on any atom is -0.390 e. The van der Waals surface area contributed by atoms with Crippen molar-refractivity contribution in [3.05, 3.63) is 22.5 Å². The molecule has 0 aliphatic heterocycles. The highest BCUT2D eigenvalue weighted by Gasteiger charge is 2.19. The SMILES string of the molecule is NCC(CN)CC(O)Cn1ccnc1[N+](=O)[O-]. The molecule has 0 aromatic carbocycles. The number of hydrogen-bond acceptors (Lipinski definition) is 6. The lowest BCUT2D eigenvalue weighted by Crippen LogP contribution is -2.29. The molecule has 0 saturated heterocycles. The lowest BCUT2D eigenvalue weighted by atomic mass is 10.0. The van der Waals surface area contributed by atoms with Gasteiger partial charge in [-0.3, -0.25) is 0 Å². The smallest absolute Gasteiger partial charge is 0.390 e. The summed E-state index contributed by atoms with van der Waals surface area (Å²) in [6, 6.07) is 0. The van der Waals surface area contributed by atoms with Crippen LogP contribution >= 0.6 is 0 Å². The molecule has 96 valence electrons. The molecule has 0 fully saturated rings. The van der Waals surface area contributed by atoms with Gasteiger partial charge in [0.2, 0.25) is 0 Å². The minimum absolute atomic E-state index is 0.0209. The van der Waals surface area contributed by atoms with Crippen molar-refractivity contribution in [1.29, 1.82) is 0 Å². The van der Waals surface area contributed by atoms with Crippen LogP contribution in [0.2, 0.25) is 0 Å². The standard InChI is InChI=1S/C9H17N5O3/c10-4-7(5-11)3-8(15)6-13-2-1-12-9(13)14(16)17/h1-2,7-8,15H,3-6,10-11H2. The highest BCUT2D eigenvalue weighted by atomic mass is 16.6. The average Bonchev–Trinajstić information content (AvgIpc) is 2.74. The number of aliphatic hydroxyl groups excluding tert-OH is 1. The second-order valence-corrected chi connectivity index (χ2v) is 3.86. The van der Waals surface area contributed by atoms with E-state index in [1.807, 2.05) is 0 Å².